The Labute approximate surface area is 149 Å². The Kier molecular flexibility index (Phi) is 7.29. The van der Waals surface area contributed by atoms with Gasteiger partial charge in [0.05, 0.1) is 18.0 Å². The lowest BCUT2D eigenvalue weighted by atomic mass is 10.1. The number of amides is 1. The van der Waals surface area contributed by atoms with Crippen LogP contribution in [0.5, 0.6) is 0 Å². The zero-order chi connectivity index (χ0) is 18.1. The van der Waals surface area contributed by atoms with Crippen molar-refractivity contribution >= 4 is 23.0 Å². The number of ether oxygens (including phenoxy) is 1. The molecule has 4 N–H and O–H groups in total. The molecule has 5 nitrogen and oxygen atoms in total. The van der Waals surface area contributed by atoms with Gasteiger partial charge in [0.25, 0.3) is 5.91 Å². The number of methoxy groups -OCH3 is 1. The molecule has 2 aromatic carbocycles. The zero-order valence-corrected chi connectivity index (χ0v) is 15.0. The van der Waals surface area contributed by atoms with Gasteiger partial charge in [0, 0.05) is 24.9 Å². The molecule has 0 atom stereocenters. The van der Waals surface area contributed by atoms with Gasteiger partial charge in [-0.2, -0.15) is 0 Å². The van der Waals surface area contributed by atoms with Crippen molar-refractivity contribution in [3.05, 3.63) is 53.6 Å². The van der Waals surface area contributed by atoms with Crippen molar-refractivity contribution in [2.75, 3.05) is 31.3 Å². The van der Waals surface area contributed by atoms with Crippen LogP contribution < -0.4 is 16.4 Å². The van der Waals surface area contributed by atoms with E-state index in [4.69, 9.17) is 10.5 Å². The van der Waals surface area contributed by atoms with Gasteiger partial charge in [-0.15, -0.1) is 0 Å². The number of benzene rings is 2. The molecule has 0 aromatic heterocycles. The van der Waals surface area contributed by atoms with Crippen molar-refractivity contribution in [1.29, 1.82) is 0 Å². The SMILES string of the molecule is CCCCc1ccc(Nc2ccc(C(=O)NCCOC)cc2N)cc1. The average Bonchev–Trinajstić information content (AvgIpc) is 2.63. The molecule has 134 valence electrons. The van der Waals surface area contributed by atoms with E-state index in [1.165, 1.54) is 18.4 Å². The summed E-state index contributed by atoms with van der Waals surface area (Å²) in [5.41, 5.74) is 10.3. The van der Waals surface area contributed by atoms with Gasteiger partial charge in [-0.05, 0) is 48.7 Å². The van der Waals surface area contributed by atoms with E-state index in [1.54, 1.807) is 19.2 Å². The number of carbonyl (C=O) groups excluding carboxylic acids is 1. The number of nitrogens with two attached hydrogens (primary N) is 1. The molecule has 1 amide bonds. The second-order valence-electron chi connectivity index (χ2n) is 5.98. The molecule has 0 aliphatic rings. The number of nitrogens with one attached hydrogen (secondary N) is 2. The lowest BCUT2D eigenvalue weighted by Crippen LogP contribution is -2.27. The zero-order valence-electron chi connectivity index (χ0n) is 15.0. The molecule has 2 rings (SSSR count). The van der Waals surface area contributed by atoms with Gasteiger partial charge in [0.15, 0.2) is 0 Å². The molecule has 0 radical (unpaired) electrons. The Hall–Kier alpha value is -2.53. The molecule has 0 aliphatic carbocycles. The summed E-state index contributed by atoms with van der Waals surface area (Å²) in [6.45, 7) is 3.15. The van der Waals surface area contributed by atoms with E-state index in [0.717, 1.165) is 17.8 Å². The van der Waals surface area contributed by atoms with Gasteiger partial charge < -0.3 is 21.1 Å². The second kappa shape index (κ2) is 9.69. The maximum absolute atomic E-state index is 12.0. The quantitative estimate of drug-likeness (QED) is 0.480. The van der Waals surface area contributed by atoms with Gasteiger partial charge in [-0.1, -0.05) is 25.5 Å². The first kappa shape index (κ1) is 18.8. The molecule has 0 saturated heterocycles. The molecule has 5 heteroatoms. The van der Waals surface area contributed by atoms with Gasteiger partial charge in [0.1, 0.15) is 0 Å². The second-order valence-corrected chi connectivity index (χ2v) is 5.98. The summed E-state index contributed by atoms with van der Waals surface area (Å²) < 4.78 is 4.92. The van der Waals surface area contributed by atoms with E-state index in [2.05, 4.69) is 41.8 Å². The Morgan fingerprint density at radius 1 is 1.16 bits per heavy atom. The van der Waals surface area contributed by atoms with Crippen molar-refractivity contribution in [3.63, 3.8) is 0 Å². The van der Waals surface area contributed by atoms with Gasteiger partial charge in [-0.25, -0.2) is 0 Å². The summed E-state index contributed by atoms with van der Waals surface area (Å²) >= 11 is 0. The minimum absolute atomic E-state index is 0.157. The summed E-state index contributed by atoms with van der Waals surface area (Å²) in [6, 6.07) is 13.6. The predicted octanol–water partition coefficient (Wildman–Crippen LogP) is 3.73. The molecule has 0 unspecified atom stereocenters. The number of rotatable bonds is 9. The van der Waals surface area contributed by atoms with E-state index in [1.807, 2.05) is 6.07 Å². The Balaban J connectivity index is 1.99. The fourth-order valence-corrected chi connectivity index (χ4v) is 2.48. The smallest absolute Gasteiger partial charge is 0.251 e. The summed E-state index contributed by atoms with van der Waals surface area (Å²) in [4.78, 5) is 12.0. The van der Waals surface area contributed by atoms with Crippen molar-refractivity contribution in [2.45, 2.75) is 26.2 Å². The van der Waals surface area contributed by atoms with Crippen LogP contribution >= 0.6 is 0 Å². The van der Waals surface area contributed by atoms with Gasteiger partial charge >= 0.3 is 0 Å². The summed E-state index contributed by atoms with van der Waals surface area (Å²) in [6.07, 6.45) is 3.50. The first-order valence-electron chi connectivity index (χ1n) is 8.66. The minimum atomic E-state index is -0.157. The standard InChI is InChI=1S/C20H27N3O2/c1-3-4-5-15-6-9-17(10-7-15)23-19-11-8-16(14-18(19)21)20(24)22-12-13-25-2/h6-11,14,23H,3-5,12-13,21H2,1-2H3,(H,22,24). The predicted molar refractivity (Wildman–Crippen MR) is 103 cm³/mol. The number of anilines is 3. The van der Waals surface area contributed by atoms with E-state index < -0.39 is 0 Å². The highest BCUT2D eigenvalue weighted by Gasteiger charge is 2.08. The largest absolute Gasteiger partial charge is 0.397 e. The Bertz CT molecular complexity index is 684. The average molecular weight is 341 g/mol. The number of carbonyl (C=O) groups is 1. The molecular formula is C20H27N3O2. The van der Waals surface area contributed by atoms with Gasteiger partial charge in [0.2, 0.25) is 0 Å². The summed E-state index contributed by atoms with van der Waals surface area (Å²) in [7, 11) is 1.60. The van der Waals surface area contributed by atoms with E-state index in [9.17, 15) is 4.79 Å². The third kappa shape index (κ3) is 5.80. The van der Waals surface area contributed by atoms with Crippen LogP contribution in [0.2, 0.25) is 0 Å². The van der Waals surface area contributed by atoms with Crippen LogP contribution in [0, 0.1) is 0 Å². The van der Waals surface area contributed by atoms with Crippen molar-refractivity contribution in [2.24, 2.45) is 0 Å². The van der Waals surface area contributed by atoms with Crippen molar-refractivity contribution in [1.82, 2.24) is 5.32 Å². The summed E-state index contributed by atoms with van der Waals surface area (Å²) in [5, 5.41) is 6.08. The van der Waals surface area contributed by atoms with Crippen LogP contribution in [0.1, 0.15) is 35.7 Å². The molecule has 0 heterocycles. The van der Waals surface area contributed by atoms with Crippen molar-refractivity contribution in [3.8, 4) is 0 Å². The molecule has 25 heavy (non-hydrogen) atoms. The van der Waals surface area contributed by atoms with E-state index in [-0.39, 0.29) is 5.91 Å². The van der Waals surface area contributed by atoms with Crippen LogP contribution in [0.15, 0.2) is 42.5 Å². The maximum atomic E-state index is 12.0. The van der Waals surface area contributed by atoms with Crippen LogP contribution in [0.3, 0.4) is 0 Å². The molecule has 0 saturated carbocycles. The van der Waals surface area contributed by atoms with Gasteiger partial charge in [-0.3, -0.25) is 4.79 Å². The monoisotopic (exact) mass is 341 g/mol. The third-order valence-corrected chi connectivity index (χ3v) is 3.96. The highest BCUT2D eigenvalue weighted by Crippen LogP contribution is 2.24. The molecule has 0 bridgehead atoms. The third-order valence-electron chi connectivity index (χ3n) is 3.96. The maximum Gasteiger partial charge on any atom is 0.251 e. The molecule has 0 aliphatic heterocycles. The van der Waals surface area contributed by atoms with Crippen LogP contribution in [-0.2, 0) is 11.2 Å². The fraction of sp³-hybridized carbons (Fsp3) is 0.350. The van der Waals surface area contributed by atoms with Crippen LogP contribution in [0.4, 0.5) is 17.1 Å². The topological polar surface area (TPSA) is 76.4 Å². The minimum Gasteiger partial charge on any atom is -0.397 e. The highest BCUT2D eigenvalue weighted by atomic mass is 16.5. The molecule has 0 spiro atoms. The van der Waals surface area contributed by atoms with Crippen molar-refractivity contribution < 1.29 is 9.53 Å². The number of unbranched alkanes of at least 4 members (excludes halogenated alkanes) is 1. The number of aryl methyl sites for hydroxylation is 1. The molecule has 2 aromatic rings. The highest BCUT2D eigenvalue weighted by molar-refractivity contribution is 5.96. The number of nitrogen functional groups attached to an aromatic ring is 1. The van der Waals surface area contributed by atoms with Crippen LogP contribution in [-0.4, -0.2) is 26.2 Å². The lowest BCUT2D eigenvalue weighted by Gasteiger charge is -2.12. The lowest BCUT2D eigenvalue weighted by molar-refractivity contribution is 0.0937. The molecule has 0 fully saturated rings. The van der Waals surface area contributed by atoms with E-state index in [0.29, 0.717) is 24.4 Å². The first-order valence-corrected chi connectivity index (χ1v) is 8.66. The Morgan fingerprint density at radius 3 is 2.56 bits per heavy atom. The van der Waals surface area contributed by atoms with Crippen LogP contribution in [0.25, 0.3) is 0 Å². The number of hydrogen-bond acceptors (Lipinski definition) is 4. The fourth-order valence-electron chi connectivity index (χ4n) is 2.48. The van der Waals surface area contributed by atoms with E-state index >= 15 is 0 Å². The first-order chi connectivity index (χ1) is 12.1. The normalized spacial score (nSPS) is 10.5. The summed E-state index contributed by atoms with van der Waals surface area (Å²) in [5.74, 6) is -0.157. The Morgan fingerprint density at radius 2 is 1.92 bits per heavy atom. The number of hydrogen-bond donors (Lipinski definition) is 3. The molecular weight excluding hydrogens is 314 g/mol.